The lowest BCUT2D eigenvalue weighted by Crippen LogP contribution is -2.45. The van der Waals surface area contributed by atoms with Gasteiger partial charge in [0.25, 0.3) is 0 Å². The Balaban J connectivity index is 2.45. The van der Waals surface area contributed by atoms with E-state index in [0.717, 1.165) is 12.3 Å². The van der Waals surface area contributed by atoms with Crippen molar-refractivity contribution in [2.24, 2.45) is 15.8 Å². The van der Waals surface area contributed by atoms with Crippen LogP contribution in [-0.2, 0) is 10.0 Å². The molecule has 25 heavy (non-hydrogen) atoms. The van der Waals surface area contributed by atoms with E-state index >= 15 is 0 Å². The maximum Gasteiger partial charge on any atom is 0.214 e. The van der Waals surface area contributed by atoms with Crippen LogP contribution in [0.4, 0.5) is 0 Å². The largest absolute Gasteiger partial charge is 0.332 e. The van der Waals surface area contributed by atoms with Crippen LogP contribution in [0.25, 0.3) is 0 Å². The van der Waals surface area contributed by atoms with Gasteiger partial charge in [0.2, 0.25) is 10.0 Å². The summed E-state index contributed by atoms with van der Waals surface area (Å²) < 4.78 is 27.6. The third kappa shape index (κ3) is 4.11. The van der Waals surface area contributed by atoms with Crippen LogP contribution in [-0.4, -0.2) is 43.0 Å². The van der Waals surface area contributed by atoms with E-state index in [1.807, 2.05) is 0 Å². The summed E-state index contributed by atoms with van der Waals surface area (Å²) in [5.41, 5.74) is 2.52. The molecule has 0 aromatic rings. The smallest absolute Gasteiger partial charge is 0.214 e. The average Bonchev–Trinajstić information content (AvgIpc) is 2.76. The topological polar surface area (TPSA) is 61.8 Å². The first-order valence-corrected chi connectivity index (χ1v) is 10.8. The van der Waals surface area contributed by atoms with E-state index in [1.165, 1.54) is 11.3 Å². The first kappa shape index (κ1) is 20.4. The molecule has 144 valence electrons. The van der Waals surface area contributed by atoms with Crippen molar-refractivity contribution in [3.8, 4) is 0 Å². The molecule has 2 rings (SSSR count). The highest BCUT2D eigenvalue weighted by Crippen LogP contribution is 2.42. The Morgan fingerprint density at radius 2 is 1.68 bits per heavy atom. The molecule has 0 amide bonds. The molecule has 5 nitrogen and oxygen atoms in total. The summed E-state index contributed by atoms with van der Waals surface area (Å²) in [5, 5.41) is -0.420. The van der Waals surface area contributed by atoms with Gasteiger partial charge in [0.1, 0.15) is 5.84 Å². The number of fused-ring (bicyclic) bond motifs is 1. The van der Waals surface area contributed by atoms with Crippen molar-refractivity contribution in [2.45, 2.75) is 86.1 Å². The average molecular weight is 370 g/mol. The van der Waals surface area contributed by atoms with Crippen molar-refractivity contribution in [1.82, 2.24) is 9.62 Å². The van der Waals surface area contributed by atoms with Gasteiger partial charge < -0.3 is 4.90 Å². The first-order chi connectivity index (χ1) is 11.1. The molecule has 0 bridgehead atoms. The summed E-state index contributed by atoms with van der Waals surface area (Å²) >= 11 is 0. The highest BCUT2D eigenvalue weighted by Gasteiger charge is 2.43. The van der Waals surface area contributed by atoms with Crippen LogP contribution in [0, 0.1) is 10.8 Å². The molecule has 1 N–H and O–H groups in total. The van der Waals surface area contributed by atoms with Gasteiger partial charge in [0.05, 0.1) is 11.3 Å². The van der Waals surface area contributed by atoms with E-state index in [0.29, 0.717) is 6.54 Å². The zero-order valence-corrected chi connectivity index (χ0v) is 18.1. The second-order valence-electron chi connectivity index (χ2n) is 9.71. The Hall–Kier alpha value is -0.880. The molecule has 2 heterocycles. The van der Waals surface area contributed by atoms with Crippen LogP contribution in [0.2, 0.25) is 0 Å². The molecule has 0 unspecified atom stereocenters. The predicted molar refractivity (Wildman–Crippen MR) is 105 cm³/mol. The summed E-state index contributed by atoms with van der Waals surface area (Å²) in [6.07, 6.45) is 0.734. The Morgan fingerprint density at radius 1 is 1.12 bits per heavy atom. The van der Waals surface area contributed by atoms with Crippen molar-refractivity contribution in [1.29, 1.82) is 0 Å². The lowest BCUT2D eigenvalue weighted by molar-refractivity contribution is 0.393. The zero-order valence-electron chi connectivity index (χ0n) is 17.3. The second kappa shape index (κ2) is 6.38. The molecule has 2 aliphatic rings. The van der Waals surface area contributed by atoms with Crippen molar-refractivity contribution in [3.05, 3.63) is 11.3 Å². The summed E-state index contributed by atoms with van der Waals surface area (Å²) in [6.45, 7) is 19.4. The fraction of sp³-hybridized carbons (Fsp3) is 0.842. The maximum absolute atomic E-state index is 12.3. The summed E-state index contributed by atoms with van der Waals surface area (Å²) in [5.74, 6) is 1.06. The lowest BCUT2D eigenvalue weighted by Gasteiger charge is -2.41. The van der Waals surface area contributed by atoms with Crippen LogP contribution < -0.4 is 4.72 Å². The predicted octanol–water partition coefficient (Wildman–Crippen LogP) is 3.54. The Labute approximate surface area is 154 Å². The van der Waals surface area contributed by atoms with E-state index in [-0.39, 0.29) is 22.9 Å². The SMILES string of the molecule is CC(C)S(=O)(=O)N[C@H]1CC2=C(C(C)(C)C)[C@H](C)N=C(C(C)(C)C)N2C1. The number of aliphatic imine (C=N–C) groups is 1. The minimum Gasteiger partial charge on any atom is -0.332 e. The number of nitrogens with one attached hydrogen (secondary N) is 1. The van der Waals surface area contributed by atoms with Crippen molar-refractivity contribution < 1.29 is 8.42 Å². The van der Waals surface area contributed by atoms with Gasteiger partial charge in [-0.2, -0.15) is 0 Å². The van der Waals surface area contributed by atoms with E-state index in [9.17, 15) is 8.42 Å². The molecule has 0 aromatic carbocycles. The third-order valence-corrected chi connectivity index (χ3v) is 6.80. The molecule has 0 spiro atoms. The maximum atomic E-state index is 12.3. The molecule has 0 aromatic heterocycles. The lowest BCUT2D eigenvalue weighted by atomic mass is 9.79. The second-order valence-corrected chi connectivity index (χ2v) is 12.0. The van der Waals surface area contributed by atoms with E-state index in [4.69, 9.17) is 4.99 Å². The van der Waals surface area contributed by atoms with E-state index < -0.39 is 15.3 Å². The monoisotopic (exact) mass is 369 g/mol. The molecule has 2 atom stereocenters. The number of hydrogen-bond acceptors (Lipinski definition) is 4. The van der Waals surface area contributed by atoms with Gasteiger partial charge in [-0.3, -0.25) is 4.99 Å². The van der Waals surface area contributed by atoms with Gasteiger partial charge in [-0.1, -0.05) is 41.5 Å². The summed E-state index contributed by atoms with van der Waals surface area (Å²) in [4.78, 5) is 7.29. The molecular weight excluding hydrogens is 334 g/mol. The summed E-state index contributed by atoms with van der Waals surface area (Å²) in [6, 6.07) is 0.0264. The van der Waals surface area contributed by atoms with Gasteiger partial charge >= 0.3 is 0 Å². The standard InChI is InChI=1S/C19H35N3O2S/c1-12(2)25(23,24)21-14-10-15-16(18(4,5)6)13(3)20-17(19(7,8)9)22(15)11-14/h12-14,21H,10-11H2,1-9H3/t13-,14-/m0/s1. The Bertz CT molecular complexity index is 691. The Morgan fingerprint density at radius 3 is 2.12 bits per heavy atom. The quantitative estimate of drug-likeness (QED) is 0.828. The van der Waals surface area contributed by atoms with Crippen LogP contribution in [0.15, 0.2) is 16.3 Å². The molecule has 0 radical (unpaired) electrons. The first-order valence-electron chi connectivity index (χ1n) is 9.25. The number of hydrogen-bond donors (Lipinski definition) is 1. The molecular formula is C19H35N3O2S. The van der Waals surface area contributed by atoms with Crippen molar-refractivity contribution in [2.75, 3.05) is 6.54 Å². The van der Waals surface area contributed by atoms with Gasteiger partial charge in [-0.05, 0) is 31.8 Å². The molecule has 0 aliphatic carbocycles. The molecule has 0 saturated carbocycles. The van der Waals surface area contributed by atoms with Gasteiger partial charge in [-0.15, -0.1) is 0 Å². The minimum atomic E-state index is -3.28. The molecule has 6 heteroatoms. The minimum absolute atomic E-state index is 0.00568. The van der Waals surface area contributed by atoms with E-state index in [2.05, 4.69) is 58.1 Å². The van der Waals surface area contributed by atoms with E-state index in [1.54, 1.807) is 13.8 Å². The molecule has 1 fully saturated rings. The number of amidine groups is 1. The number of nitrogens with zero attached hydrogens (tertiary/aromatic N) is 2. The summed E-state index contributed by atoms with van der Waals surface area (Å²) in [7, 11) is -3.28. The van der Waals surface area contributed by atoms with Crippen LogP contribution >= 0.6 is 0 Å². The Kier molecular flexibility index (Phi) is 5.21. The van der Waals surface area contributed by atoms with Crippen LogP contribution in [0.5, 0.6) is 0 Å². The number of rotatable bonds is 3. The number of sulfonamides is 1. The normalized spacial score (nSPS) is 25.5. The molecule has 1 saturated heterocycles. The van der Waals surface area contributed by atoms with Gasteiger partial charge in [0, 0.05) is 30.1 Å². The van der Waals surface area contributed by atoms with Crippen LogP contribution in [0.3, 0.4) is 0 Å². The third-order valence-electron chi connectivity index (χ3n) is 4.90. The highest BCUT2D eigenvalue weighted by atomic mass is 32.2. The zero-order chi connectivity index (χ0) is 19.4. The molecule has 2 aliphatic heterocycles. The van der Waals surface area contributed by atoms with Crippen molar-refractivity contribution in [3.63, 3.8) is 0 Å². The fourth-order valence-corrected chi connectivity index (χ4v) is 4.77. The van der Waals surface area contributed by atoms with Crippen LogP contribution in [0.1, 0.15) is 68.7 Å². The van der Waals surface area contributed by atoms with Crippen molar-refractivity contribution >= 4 is 15.9 Å². The highest BCUT2D eigenvalue weighted by molar-refractivity contribution is 7.90. The fourth-order valence-electron chi connectivity index (χ4n) is 3.87. The van der Waals surface area contributed by atoms with Gasteiger partial charge in [-0.25, -0.2) is 13.1 Å². The van der Waals surface area contributed by atoms with Gasteiger partial charge in [0.15, 0.2) is 0 Å².